The monoisotopic (exact) mass is 816 g/mol. The Morgan fingerprint density at radius 1 is 0.517 bits per heavy atom. The smallest absolute Gasteiger partial charge is 0.0999 e. The molecule has 0 bridgehead atoms. The summed E-state index contributed by atoms with van der Waals surface area (Å²) in [6.45, 7) is 11.1. The van der Waals surface area contributed by atoms with Crippen molar-refractivity contribution in [1.82, 2.24) is 68.3 Å². The van der Waals surface area contributed by atoms with Gasteiger partial charge < -0.3 is 20.1 Å². The summed E-state index contributed by atoms with van der Waals surface area (Å²) in [5, 5.41) is 56.9. The topological polar surface area (TPSA) is 202 Å². The minimum atomic E-state index is -0.533. The second-order valence-electron chi connectivity index (χ2n) is 16.2. The van der Waals surface area contributed by atoms with Gasteiger partial charge >= 0.3 is 0 Å². The first-order valence-electron chi connectivity index (χ1n) is 20.4. The van der Waals surface area contributed by atoms with E-state index in [0.717, 1.165) is 57.5 Å². The summed E-state index contributed by atoms with van der Waals surface area (Å²) >= 11 is 0. The predicted molar refractivity (Wildman–Crippen MR) is 224 cm³/mol. The summed E-state index contributed by atoms with van der Waals surface area (Å²) in [5.41, 5.74) is 7.89. The van der Waals surface area contributed by atoms with Crippen LogP contribution in [0, 0.1) is 11.8 Å². The average Bonchev–Trinajstić information content (AvgIpc) is 4.10. The Bertz CT molecular complexity index is 2650. The van der Waals surface area contributed by atoms with E-state index in [1.165, 1.54) is 4.68 Å². The van der Waals surface area contributed by atoms with Crippen LogP contribution in [0.5, 0.6) is 0 Å². The van der Waals surface area contributed by atoms with Crippen molar-refractivity contribution in [3.8, 4) is 45.0 Å². The van der Waals surface area contributed by atoms with Crippen LogP contribution in [-0.4, -0.2) is 117 Å². The zero-order chi connectivity index (χ0) is 41.9. The molecule has 0 aliphatic heterocycles. The first-order valence-corrected chi connectivity index (χ1v) is 20.4. The summed E-state index contributed by atoms with van der Waals surface area (Å²) in [6.07, 6.45) is 23.8. The highest BCUT2D eigenvalue weighted by Crippen LogP contribution is 2.30. The third kappa shape index (κ3) is 8.49. The van der Waals surface area contributed by atoms with Crippen molar-refractivity contribution in [3.63, 3.8) is 0 Å². The summed E-state index contributed by atoms with van der Waals surface area (Å²) in [5.74, 6) is 0.759. The molecule has 3 N–H and O–H groups in total. The molecule has 0 aliphatic carbocycles. The van der Waals surface area contributed by atoms with Crippen molar-refractivity contribution in [3.05, 3.63) is 86.5 Å². The first-order chi connectivity index (χ1) is 29.1. The normalized spacial score (nSPS) is 14.2. The summed E-state index contributed by atoms with van der Waals surface area (Å²) in [7, 11) is 0. The van der Waals surface area contributed by atoms with Crippen LogP contribution >= 0.6 is 0 Å². The van der Waals surface area contributed by atoms with Crippen molar-refractivity contribution in [1.29, 1.82) is 0 Å². The van der Waals surface area contributed by atoms with Crippen molar-refractivity contribution in [2.24, 2.45) is 11.8 Å². The molecule has 0 spiro atoms. The predicted octanol–water partition coefficient (Wildman–Crippen LogP) is 5.20. The first kappa shape index (κ1) is 40.7. The lowest BCUT2D eigenvalue weighted by Crippen LogP contribution is -2.22. The third-order valence-corrected chi connectivity index (χ3v) is 10.9. The van der Waals surface area contributed by atoms with Gasteiger partial charge in [-0.1, -0.05) is 20.8 Å². The lowest BCUT2D eigenvalue weighted by Gasteiger charge is -2.20. The minimum Gasteiger partial charge on any atom is -0.394 e. The lowest BCUT2D eigenvalue weighted by atomic mass is 10.0. The molecule has 4 atom stereocenters. The van der Waals surface area contributed by atoms with Gasteiger partial charge in [0.1, 0.15) is 0 Å². The Morgan fingerprint density at radius 3 is 1.47 bits per heavy atom. The van der Waals surface area contributed by atoms with E-state index >= 15 is 0 Å². The maximum atomic E-state index is 10.4. The Balaban J connectivity index is 0.896. The highest BCUT2D eigenvalue weighted by atomic mass is 16.5. The number of aliphatic hydroxyl groups is 3. The van der Waals surface area contributed by atoms with Gasteiger partial charge in [0.15, 0.2) is 0 Å². The van der Waals surface area contributed by atoms with Crippen LogP contribution < -0.4 is 0 Å². The van der Waals surface area contributed by atoms with Crippen LogP contribution in [0.15, 0.2) is 86.5 Å². The fourth-order valence-electron chi connectivity index (χ4n) is 7.69. The highest BCUT2D eigenvalue weighted by molar-refractivity contribution is 5.79. The van der Waals surface area contributed by atoms with Gasteiger partial charge in [-0.15, -0.1) is 0 Å². The maximum Gasteiger partial charge on any atom is 0.0999 e. The molecular weight excluding hydrogens is 765 g/mol. The number of hydrogen-bond acceptors (Lipinski definition) is 12. The fraction of sp³-hybridized carbons (Fsp3) is 0.429. The van der Waals surface area contributed by atoms with Gasteiger partial charge in [0.25, 0.3) is 0 Å². The molecule has 314 valence electrons. The molecule has 60 heavy (non-hydrogen) atoms. The fourth-order valence-corrected chi connectivity index (χ4v) is 7.69. The zero-order valence-electron chi connectivity index (χ0n) is 34.5. The molecule has 0 saturated carbocycles. The lowest BCUT2D eigenvalue weighted by molar-refractivity contribution is 0.0505. The molecule has 0 amide bonds. The molecule has 0 fully saturated rings. The van der Waals surface area contributed by atoms with Crippen molar-refractivity contribution in [2.75, 3.05) is 33.0 Å². The molecule has 18 heteroatoms. The van der Waals surface area contributed by atoms with Gasteiger partial charge in [-0.25, -0.2) is 19.0 Å². The van der Waals surface area contributed by atoms with Gasteiger partial charge in [-0.05, 0) is 50.7 Å². The average molecular weight is 817 g/mol. The number of rotatable bonds is 19. The van der Waals surface area contributed by atoms with E-state index in [9.17, 15) is 15.3 Å². The van der Waals surface area contributed by atoms with Crippen molar-refractivity contribution < 1.29 is 20.1 Å². The molecule has 8 aromatic rings. The van der Waals surface area contributed by atoms with E-state index in [2.05, 4.69) is 66.3 Å². The van der Waals surface area contributed by atoms with Crippen LogP contribution in [-0.2, 0) is 4.74 Å². The molecule has 8 aromatic heterocycles. The zero-order valence-corrected chi connectivity index (χ0v) is 34.5. The van der Waals surface area contributed by atoms with Gasteiger partial charge in [0.05, 0.1) is 122 Å². The summed E-state index contributed by atoms with van der Waals surface area (Å²) < 4.78 is 17.0. The van der Waals surface area contributed by atoms with E-state index in [1.54, 1.807) is 40.2 Å². The largest absolute Gasteiger partial charge is 0.394 e. The van der Waals surface area contributed by atoms with Crippen LogP contribution in [0.25, 0.3) is 56.1 Å². The van der Waals surface area contributed by atoms with E-state index in [-0.39, 0.29) is 50.5 Å². The van der Waals surface area contributed by atoms with Crippen LogP contribution in [0.2, 0.25) is 0 Å². The van der Waals surface area contributed by atoms with Gasteiger partial charge in [-0.3, -0.25) is 18.7 Å². The Labute approximate surface area is 346 Å². The molecule has 0 aliphatic rings. The molecule has 0 aromatic carbocycles. The number of hydrogen-bond donors (Lipinski definition) is 3. The van der Waals surface area contributed by atoms with Crippen LogP contribution in [0.1, 0.15) is 71.6 Å². The third-order valence-electron chi connectivity index (χ3n) is 10.9. The summed E-state index contributed by atoms with van der Waals surface area (Å²) in [4.78, 5) is 10.0. The van der Waals surface area contributed by atoms with Crippen LogP contribution in [0.3, 0.4) is 0 Å². The Morgan fingerprint density at radius 2 is 0.967 bits per heavy atom. The standard InChI is InChI=1S/C42H52N14O4/c1-27(2)10-29(4)51-18-33(14-45-51)41-39-6-8-44-56(39)21-38(50-41)32-13-48-54(17-32)36(24-59)26-60-25-28(3)11-30(5)52-19-34(15-46-52)42-40-7-9-43-55(40)20-37(49-42)31-12-47-53(16-31)35(22-57)23-58/h6-9,12-21,27-30,35-36,57-59H,10-11,22-26H2,1-5H3/t28?,29-,30+,36?/m0/s1. The van der Waals surface area contributed by atoms with E-state index < -0.39 is 6.04 Å². The van der Waals surface area contributed by atoms with E-state index in [4.69, 9.17) is 19.8 Å². The molecule has 8 heterocycles. The van der Waals surface area contributed by atoms with Crippen molar-refractivity contribution >= 4 is 11.0 Å². The SMILES string of the molecule is CC(C)C[C@H](C)n1cc(-c2nc(-c3cnn(C(CO)COCC(C)C[C@@H](C)n4cc(-c5nc(-c6cnn(C(CO)CO)c6)cn6nccc56)cn4)c3)cn3nccc23)cn1. The quantitative estimate of drug-likeness (QED) is 0.0966. The molecule has 2 unspecified atom stereocenters. The molecule has 8 rings (SSSR count). The van der Waals surface area contributed by atoms with Crippen molar-refractivity contribution in [2.45, 2.75) is 71.6 Å². The Hall–Kier alpha value is -6.08. The number of aliphatic hydroxyl groups excluding tert-OH is 3. The van der Waals surface area contributed by atoms with Crippen LogP contribution in [0.4, 0.5) is 0 Å². The highest BCUT2D eigenvalue weighted by Gasteiger charge is 2.21. The second kappa shape index (κ2) is 17.6. The van der Waals surface area contributed by atoms with Gasteiger partial charge in [0.2, 0.25) is 0 Å². The number of aromatic nitrogens is 14. The molecule has 0 radical (unpaired) electrons. The number of fused-ring (bicyclic) bond motifs is 2. The molecular formula is C42H52N14O4. The Kier molecular flexibility index (Phi) is 12.0. The molecule has 0 saturated heterocycles. The van der Waals surface area contributed by atoms with Gasteiger partial charge in [0, 0.05) is 65.7 Å². The second-order valence-corrected chi connectivity index (χ2v) is 16.2. The van der Waals surface area contributed by atoms with E-state index in [1.807, 2.05) is 63.2 Å². The number of ether oxygens (including phenoxy) is 1. The number of nitrogens with zero attached hydrogens (tertiary/aromatic N) is 14. The molecule has 18 nitrogen and oxygen atoms in total. The van der Waals surface area contributed by atoms with E-state index in [0.29, 0.717) is 23.9 Å². The maximum absolute atomic E-state index is 10.4. The van der Waals surface area contributed by atoms with Gasteiger partial charge in [-0.2, -0.15) is 30.6 Å². The summed E-state index contributed by atoms with van der Waals surface area (Å²) in [6, 6.07) is 3.28. The minimum absolute atomic E-state index is 0.0678.